The Labute approximate surface area is 441 Å². The Morgan fingerprint density at radius 3 is 1.05 bits per heavy atom. The van der Waals surface area contributed by atoms with Crippen molar-refractivity contribution in [1.82, 2.24) is 0 Å². The number of hydrazone groups is 2. The number of fused-ring (bicyclic) bond motifs is 2. The van der Waals surface area contributed by atoms with Gasteiger partial charge in [0.25, 0.3) is 0 Å². The van der Waals surface area contributed by atoms with Crippen LogP contribution in [0.5, 0.6) is 0 Å². The molecule has 0 radical (unpaired) electrons. The van der Waals surface area contributed by atoms with E-state index >= 15 is 0 Å². The van der Waals surface area contributed by atoms with Gasteiger partial charge in [0.2, 0.25) is 11.6 Å². The maximum atomic E-state index is 13.3. The van der Waals surface area contributed by atoms with Crippen LogP contribution >= 0.6 is 0 Å². The Bertz CT molecular complexity index is 2850. The van der Waals surface area contributed by atoms with Gasteiger partial charge in [-0.25, -0.2) is 38.5 Å². The molecule has 62 heavy (non-hydrogen) atoms. The molecular formula is C33H20N6Na4O15S4. The van der Waals surface area contributed by atoms with E-state index in [1.54, 1.807) is 0 Å². The predicted octanol–water partition coefficient (Wildman–Crippen LogP) is -9.74. The summed E-state index contributed by atoms with van der Waals surface area (Å²) in [5.41, 5.74) is 2.59. The second-order valence-electron chi connectivity index (χ2n) is 11.9. The molecule has 29 heteroatoms. The molecule has 2 aliphatic rings. The smallest absolute Gasteiger partial charge is 0.744 e. The number of ketones is 2. The minimum atomic E-state index is -5.33. The quantitative estimate of drug-likeness (QED) is 0.0651. The monoisotopic (exact) mass is 960 g/mol. The molecule has 4 aromatic rings. The molecule has 0 atom stereocenters. The molecule has 21 nitrogen and oxygen atoms in total. The van der Waals surface area contributed by atoms with Crippen LogP contribution < -0.4 is 140 Å². The van der Waals surface area contributed by atoms with Crippen molar-refractivity contribution in [2.24, 2.45) is 10.2 Å². The SMILES string of the molecule is O=C(Nc1ccc2c(c1)C=C(S(=O)(=O)[O-])/C(=N/Nc1ccc(S(=O)(=O)[O-])cc1)C2=O)Nc1ccc2c(c1)C=C(S(=O)(=O)[O-])/C(=N/Nc1ccc(S(=O)(=O)[O-])cc1)C2=O.[Na+].[Na+].[Na+].[Na+]. The van der Waals surface area contributed by atoms with Crippen LogP contribution in [0.3, 0.4) is 0 Å². The van der Waals surface area contributed by atoms with Gasteiger partial charge < -0.3 is 28.8 Å². The zero-order valence-corrected chi connectivity index (χ0v) is 43.7. The number of carbonyl (C=O) groups is 3. The number of hydrogen-bond donors (Lipinski definition) is 4. The maximum absolute atomic E-state index is 13.3. The van der Waals surface area contributed by atoms with Crippen LogP contribution in [0.25, 0.3) is 12.2 Å². The zero-order valence-electron chi connectivity index (χ0n) is 32.4. The first-order valence-corrected chi connectivity index (χ1v) is 21.2. The number of Topliss-reactive ketones (excluding diaryl/α,β-unsaturated/α-hetero) is 2. The normalized spacial score (nSPS) is 14.8. The summed E-state index contributed by atoms with van der Waals surface area (Å²) in [5.74, 6) is -2.03. The van der Waals surface area contributed by atoms with Gasteiger partial charge in [0, 0.05) is 22.5 Å². The number of urea groups is 1. The van der Waals surface area contributed by atoms with Crippen molar-refractivity contribution >= 4 is 104 Å². The van der Waals surface area contributed by atoms with Crippen LogP contribution in [0.4, 0.5) is 27.5 Å². The maximum Gasteiger partial charge on any atom is 1.00 e. The van der Waals surface area contributed by atoms with Crippen LogP contribution in [0.1, 0.15) is 31.8 Å². The Morgan fingerprint density at radius 2 is 0.758 bits per heavy atom. The first-order chi connectivity index (χ1) is 27.0. The number of hydrogen-bond acceptors (Lipinski definition) is 19. The number of nitrogens with zero attached hydrogens (tertiary/aromatic N) is 2. The molecule has 2 aliphatic carbocycles. The van der Waals surface area contributed by atoms with Crippen molar-refractivity contribution in [1.29, 1.82) is 0 Å². The number of allylic oxidation sites excluding steroid dienone is 2. The Morgan fingerprint density at radius 1 is 0.452 bits per heavy atom. The van der Waals surface area contributed by atoms with Gasteiger partial charge in [-0.05, 0) is 108 Å². The summed E-state index contributed by atoms with van der Waals surface area (Å²) >= 11 is 0. The van der Waals surface area contributed by atoms with Gasteiger partial charge >= 0.3 is 124 Å². The third-order valence-electron chi connectivity index (χ3n) is 8.00. The summed E-state index contributed by atoms with van der Waals surface area (Å²) < 4.78 is 140. The largest absolute Gasteiger partial charge is 1.00 e. The molecule has 4 aromatic carbocycles. The molecular weight excluding hydrogens is 941 g/mol. The van der Waals surface area contributed by atoms with E-state index < -0.39 is 89.1 Å². The minimum absolute atomic E-state index is 0. The number of benzene rings is 4. The first-order valence-electron chi connectivity index (χ1n) is 15.6. The molecule has 2 amide bonds. The van der Waals surface area contributed by atoms with E-state index in [9.17, 15) is 66.3 Å². The van der Waals surface area contributed by atoms with Crippen molar-refractivity contribution in [3.05, 3.63) is 117 Å². The van der Waals surface area contributed by atoms with E-state index in [0.717, 1.165) is 60.7 Å². The van der Waals surface area contributed by atoms with Crippen LogP contribution in [-0.2, 0) is 40.5 Å². The van der Waals surface area contributed by atoms with Crippen LogP contribution in [0.2, 0.25) is 0 Å². The Kier molecular flexibility index (Phi) is 19.5. The number of anilines is 4. The van der Waals surface area contributed by atoms with Crippen molar-refractivity contribution in [3.63, 3.8) is 0 Å². The Balaban J connectivity index is 0.00000331. The van der Waals surface area contributed by atoms with E-state index in [-0.39, 0.29) is 163 Å². The number of carbonyl (C=O) groups excluding carboxylic acids is 3. The van der Waals surface area contributed by atoms with Gasteiger partial charge in [0.1, 0.15) is 51.9 Å². The number of rotatable bonds is 10. The molecule has 0 fully saturated rings. The van der Waals surface area contributed by atoms with Gasteiger partial charge in [-0.15, -0.1) is 0 Å². The Hall–Kier alpha value is -2.45. The summed E-state index contributed by atoms with van der Waals surface area (Å²) in [4.78, 5) is 36.3. The second-order valence-corrected chi connectivity index (χ2v) is 17.3. The van der Waals surface area contributed by atoms with Gasteiger partial charge in [-0.2, -0.15) is 10.2 Å². The average molecular weight is 961 g/mol. The van der Waals surface area contributed by atoms with Gasteiger partial charge in [0.15, 0.2) is 0 Å². The predicted molar refractivity (Wildman–Crippen MR) is 200 cm³/mol. The fourth-order valence-corrected chi connectivity index (χ4v) is 7.58. The van der Waals surface area contributed by atoms with Gasteiger partial charge in [-0.1, -0.05) is 0 Å². The van der Waals surface area contributed by atoms with E-state index in [0.29, 0.717) is 0 Å². The summed E-state index contributed by atoms with van der Waals surface area (Å²) in [6.07, 6.45) is 1.68. The van der Waals surface area contributed by atoms with Crippen molar-refractivity contribution < 1.29 is 184 Å². The van der Waals surface area contributed by atoms with Crippen molar-refractivity contribution in [2.75, 3.05) is 21.5 Å². The molecule has 0 saturated heterocycles. The molecule has 0 saturated carbocycles. The van der Waals surface area contributed by atoms with Crippen molar-refractivity contribution in [3.8, 4) is 0 Å². The third kappa shape index (κ3) is 13.3. The second kappa shape index (κ2) is 21.7. The molecule has 300 valence electrons. The topological polar surface area (TPSA) is 353 Å². The van der Waals surface area contributed by atoms with E-state index in [4.69, 9.17) is 0 Å². The molecule has 6 rings (SSSR count). The van der Waals surface area contributed by atoms with Gasteiger partial charge in [0.05, 0.1) is 31.0 Å². The minimum Gasteiger partial charge on any atom is -0.744 e. The molecule has 4 N–H and O–H groups in total. The van der Waals surface area contributed by atoms with Crippen LogP contribution in [0.15, 0.2) is 115 Å². The number of amides is 2. The summed E-state index contributed by atoms with van der Waals surface area (Å²) in [6, 6.07) is 14.5. The molecule has 0 bridgehead atoms. The zero-order chi connectivity index (χ0) is 42.4. The summed E-state index contributed by atoms with van der Waals surface area (Å²) in [7, 11) is -20.2. The molecule has 0 aromatic heterocycles. The van der Waals surface area contributed by atoms with E-state index in [1.807, 2.05) is 0 Å². The third-order valence-corrected chi connectivity index (χ3v) is 11.4. The molecule has 0 heterocycles. The standard InChI is InChI=1S/C33H24N6O15S4.4Na/c40-31-25-11-5-21(13-17(25)15-27(57(49,50)51)29(31)38-36-19-1-7-23(8-2-19)55(43,44)45)34-33(42)35-22-6-12-26-18(14-22)16-28(58(52,53)54)30(32(26)41)39-37-20-3-9-24(10-4-20)56(46,47)48;;;;/h1-16,36-37H,(H2,34,35,42)(H,43,44,45)(H,46,47,48)(H,49,50,51)(H,52,53,54);;;;/q;4*+1/p-4/b38-29-,39-30-;;;;. The number of nitrogens with one attached hydrogen (secondary N) is 4. The van der Waals surface area contributed by atoms with Gasteiger partial charge in [-0.3, -0.25) is 20.4 Å². The summed E-state index contributed by atoms with van der Waals surface area (Å²) in [6.45, 7) is 0. The first kappa shape index (κ1) is 55.7. The van der Waals surface area contributed by atoms with Crippen LogP contribution in [0, 0.1) is 0 Å². The summed E-state index contributed by atoms with van der Waals surface area (Å²) in [5, 5.41) is 12.3. The molecule has 0 unspecified atom stereocenters. The van der Waals surface area contributed by atoms with E-state index in [2.05, 4.69) is 31.7 Å². The van der Waals surface area contributed by atoms with Crippen LogP contribution in [-0.4, -0.2) is 80.9 Å². The van der Waals surface area contributed by atoms with Crippen molar-refractivity contribution in [2.45, 2.75) is 9.79 Å². The van der Waals surface area contributed by atoms with E-state index in [1.165, 1.54) is 36.4 Å². The molecule has 0 aliphatic heterocycles. The average Bonchev–Trinajstić information content (AvgIpc) is 3.12. The fraction of sp³-hybridized carbons (Fsp3) is 0. The molecule has 0 spiro atoms. The fourth-order valence-electron chi connectivity index (χ4n) is 5.35.